The van der Waals surface area contributed by atoms with E-state index < -0.39 is 4.92 Å². The lowest BCUT2D eigenvalue weighted by molar-refractivity contribution is -0.384. The van der Waals surface area contributed by atoms with E-state index in [0.29, 0.717) is 18.8 Å². The summed E-state index contributed by atoms with van der Waals surface area (Å²) in [6.07, 6.45) is 0.918. The summed E-state index contributed by atoms with van der Waals surface area (Å²) < 4.78 is 4.98. The number of ether oxygens (including phenoxy) is 1. The Kier molecular flexibility index (Phi) is 5.54. The lowest BCUT2D eigenvalue weighted by Crippen LogP contribution is -2.20. The first-order valence-electron chi connectivity index (χ1n) is 5.75. The van der Waals surface area contributed by atoms with Crippen molar-refractivity contribution in [3.63, 3.8) is 0 Å². The fraction of sp³-hybridized carbons (Fsp3) is 0.500. The van der Waals surface area contributed by atoms with Crippen molar-refractivity contribution in [1.29, 1.82) is 0 Å². The number of methoxy groups -OCH3 is 1. The molecule has 1 aromatic rings. The highest BCUT2D eigenvalue weighted by atomic mass is 16.6. The number of non-ortho nitro benzene ring substituents is 1. The quantitative estimate of drug-likeness (QED) is 0.346. The summed E-state index contributed by atoms with van der Waals surface area (Å²) in [5.74, 6) is 0. The van der Waals surface area contributed by atoms with Crippen molar-refractivity contribution in [1.82, 2.24) is 4.90 Å². The Bertz CT molecular complexity index is 410. The van der Waals surface area contributed by atoms with Crippen LogP contribution in [-0.2, 0) is 11.3 Å². The molecule has 0 aliphatic carbocycles. The lowest BCUT2D eigenvalue weighted by atomic mass is 10.1. The summed E-state index contributed by atoms with van der Waals surface area (Å²) in [7, 11) is 3.62. The second-order valence-corrected chi connectivity index (χ2v) is 4.22. The van der Waals surface area contributed by atoms with Crippen molar-refractivity contribution in [2.45, 2.75) is 13.0 Å². The van der Waals surface area contributed by atoms with Crippen LogP contribution >= 0.6 is 0 Å². The Balaban J connectivity index is 2.65. The van der Waals surface area contributed by atoms with Crippen molar-refractivity contribution >= 4 is 11.4 Å². The third-order valence-corrected chi connectivity index (χ3v) is 2.67. The largest absolute Gasteiger partial charge is 0.398 e. The Morgan fingerprint density at radius 2 is 2.22 bits per heavy atom. The second kappa shape index (κ2) is 6.93. The summed E-state index contributed by atoms with van der Waals surface area (Å²) in [6, 6.07) is 4.53. The van der Waals surface area contributed by atoms with Crippen LogP contribution in [0.2, 0.25) is 0 Å². The van der Waals surface area contributed by atoms with Crippen LogP contribution in [0.3, 0.4) is 0 Å². The van der Waals surface area contributed by atoms with Gasteiger partial charge < -0.3 is 15.4 Å². The maximum Gasteiger partial charge on any atom is 0.269 e. The first kappa shape index (κ1) is 14.4. The molecule has 0 saturated heterocycles. The highest BCUT2D eigenvalue weighted by Gasteiger charge is 2.10. The minimum absolute atomic E-state index is 0.0736. The van der Waals surface area contributed by atoms with Crippen LogP contribution in [0.25, 0.3) is 0 Å². The molecular formula is C12H19N3O3. The van der Waals surface area contributed by atoms with E-state index in [0.717, 1.165) is 18.5 Å². The Labute approximate surface area is 106 Å². The Morgan fingerprint density at radius 3 is 2.83 bits per heavy atom. The molecule has 0 aliphatic rings. The highest BCUT2D eigenvalue weighted by molar-refractivity contribution is 5.52. The van der Waals surface area contributed by atoms with Crippen LogP contribution in [0.1, 0.15) is 12.0 Å². The van der Waals surface area contributed by atoms with E-state index in [1.165, 1.54) is 12.1 Å². The van der Waals surface area contributed by atoms with Gasteiger partial charge in [0.25, 0.3) is 5.69 Å². The molecule has 0 aromatic heterocycles. The molecule has 0 saturated carbocycles. The number of hydrogen-bond acceptors (Lipinski definition) is 5. The molecule has 0 bridgehead atoms. The van der Waals surface area contributed by atoms with Gasteiger partial charge in [-0.3, -0.25) is 10.1 Å². The van der Waals surface area contributed by atoms with Crippen molar-refractivity contribution in [2.75, 3.05) is 33.0 Å². The Morgan fingerprint density at radius 1 is 1.50 bits per heavy atom. The van der Waals surface area contributed by atoms with Gasteiger partial charge in [0.15, 0.2) is 0 Å². The predicted octanol–water partition coefficient (Wildman–Crippen LogP) is 1.65. The van der Waals surface area contributed by atoms with Gasteiger partial charge in [-0.05, 0) is 25.1 Å². The normalized spacial score (nSPS) is 10.8. The number of nitro groups is 1. The zero-order valence-electron chi connectivity index (χ0n) is 10.8. The average Bonchev–Trinajstić information content (AvgIpc) is 2.32. The molecule has 0 radical (unpaired) electrons. The van der Waals surface area contributed by atoms with Crippen LogP contribution in [0.4, 0.5) is 11.4 Å². The molecule has 0 heterocycles. The smallest absolute Gasteiger partial charge is 0.269 e. The molecule has 18 heavy (non-hydrogen) atoms. The summed E-state index contributed by atoms with van der Waals surface area (Å²) >= 11 is 0. The topological polar surface area (TPSA) is 81.6 Å². The summed E-state index contributed by atoms with van der Waals surface area (Å²) in [4.78, 5) is 12.4. The van der Waals surface area contributed by atoms with Crippen LogP contribution in [0.5, 0.6) is 0 Å². The third-order valence-electron chi connectivity index (χ3n) is 2.67. The number of nitrogens with zero attached hydrogens (tertiary/aromatic N) is 2. The number of nitro benzene ring substituents is 1. The maximum atomic E-state index is 10.7. The molecule has 6 heteroatoms. The third kappa shape index (κ3) is 4.31. The van der Waals surface area contributed by atoms with Crippen LogP contribution in [0.15, 0.2) is 18.2 Å². The number of benzene rings is 1. The van der Waals surface area contributed by atoms with Gasteiger partial charge >= 0.3 is 0 Å². The van der Waals surface area contributed by atoms with Crippen molar-refractivity contribution in [3.05, 3.63) is 33.9 Å². The predicted molar refractivity (Wildman–Crippen MR) is 70.3 cm³/mol. The van der Waals surface area contributed by atoms with E-state index in [9.17, 15) is 10.1 Å². The molecule has 0 amide bonds. The molecule has 0 unspecified atom stereocenters. The molecule has 1 aromatic carbocycles. The van der Waals surface area contributed by atoms with E-state index in [1.54, 1.807) is 13.2 Å². The van der Waals surface area contributed by atoms with Gasteiger partial charge in [0.1, 0.15) is 0 Å². The van der Waals surface area contributed by atoms with Crippen molar-refractivity contribution < 1.29 is 9.66 Å². The summed E-state index contributed by atoms with van der Waals surface area (Å²) in [6.45, 7) is 2.15. The minimum atomic E-state index is -0.409. The fourth-order valence-corrected chi connectivity index (χ4v) is 1.69. The number of hydrogen-bond donors (Lipinski definition) is 1. The van der Waals surface area contributed by atoms with Gasteiger partial charge in [0.2, 0.25) is 0 Å². The number of anilines is 1. The lowest BCUT2D eigenvalue weighted by Gasteiger charge is -2.17. The number of rotatable bonds is 7. The SMILES string of the molecule is COCCCN(C)Cc1cc([N+](=O)[O-])ccc1N. The van der Waals surface area contributed by atoms with Gasteiger partial charge in [-0.1, -0.05) is 0 Å². The molecule has 0 atom stereocenters. The standard InChI is InChI=1S/C12H19N3O3/c1-14(6-3-7-18-2)9-10-8-11(15(16)17)4-5-12(10)13/h4-5,8H,3,6-7,9,13H2,1-2H3. The van der Waals surface area contributed by atoms with Crippen molar-refractivity contribution in [2.24, 2.45) is 0 Å². The van der Waals surface area contributed by atoms with Crippen LogP contribution in [0, 0.1) is 10.1 Å². The van der Waals surface area contributed by atoms with Gasteiger partial charge in [-0.25, -0.2) is 0 Å². The van der Waals surface area contributed by atoms with Crippen molar-refractivity contribution in [3.8, 4) is 0 Å². The molecule has 100 valence electrons. The first-order valence-corrected chi connectivity index (χ1v) is 5.75. The van der Waals surface area contributed by atoms with Gasteiger partial charge in [-0.2, -0.15) is 0 Å². The fourth-order valence-electron chi connectivity index (χ4n) is 1.69. The molecule has 0 aliphatic heterocycles. The summed E-state index contributed by atoms with van der Waals surface area (Å²) in [5, 5.41) is 10.7. The van der Waals surface area contributed by atoms with E-state index in [1.807, 2.05) is 7.05 Å². The molecule has 0 fully saturated rings. The second-order valence-electron chi connectivity index (χ2n) is 4.22. The molecule has 1 rings (SSSR count). The minimum Gasteiger partial charge on any atom is -0.398 e. The van der Waals surface area contributed by atoms with Gasteiger partial charge in [0, 0.05) is 44.6 Å². The highest BCUT2D eigenvalue weighted by Crippen LogP contribution is 2.20. The van der Waals surface area contributed by atoms with E-state index in [4.69, 9.17) is 10.5 Å². The van der Waals surface area contributed by atoms with E-state index in [2.05, 4.69) is 4.90 Å². The monoisotopic (exact) mass is 253 g/mol. The summed E-state index contributed by atoms with van der Waals surface area (Å²) in [5.41, 5.74) is 7.26. The first-order chi connectivity index (χ1) is 8.54. The number of nitrogens with two attached hydrogens (primary N) is 1. The maximum absolute atomic E-state index is 10.7. The molecule has 0 spiro atoms. The van der Waals surface area contributed by atoms with E-state index in [-0.39, 0.29) is 5.69 Å². The Hall–Kier alpha value is -1.66. The zero-order valence-corrected chi connectivity index (χ0v) is 10.8. The molecule has 2 N–H and O–H groups in total. The van der Waals surface area contributed by atoms with Gasteiger partial charge in [-0.15, -0.1) is 0 Å². The zero-order chi connectivity index (χ0) is 13.5. The van der Waals surface area contributed by atoms with E-state index >= 15 is 0 Å². The average molecular weight is 253 g/mol. The van der Waals surface area contributed by atoms with Crippen LogP contribution < -0.4 is 5.73 Å². The molecular weight excluding hydrogens is 234 g/mol. The van der Waals surface area contributed by atoms with Gasteiger partial charge in [0.05, 0.1) is 4.92 Å². The number of nitrogen functional groups attached to an aromatic ring is 1. The van der Waals surface area contributed by atoms with Crippen LogP contribution in [-0.4, -0.2) is 37.1 Å². The molecule has 6 nitrogen and oxygen atoms in total.